The lowest BCUT2D eigenvalue weighted by atomic mass is 10.1. The Kier molecular flexibility index (Phi) is 2.25. The van der Waals surface area contributed by atoms with Crippen molar-refractivity contribution in [3.63, 3.8) is 0 Å². The normalized spacial score (nSPS) is 10.9. The van der Waals surface area contributed by atoms with Crippen molar-refractivity contribution in [2.75, 3.05) is 0 Å². The monoisotopic (exact) mass is 257 g/mol. The first-order chi connectivity index (χ1) is 9.06. The van der Waals surface area contributed by atoms with Crippen molar-refractivity contribution < 1.29 is 14.4 Å². The van der Waals surface area contributed by atoms with E-state index >= 15 is 0 Å². The largest absolute Gasteiger partial charge is 0.508 e. The van der Waals surface area contributed by atoms with Crippen LogP contribution in [-0.2, 0) is 0 Å². The van der Waals surface area contributed by atoms with Crippen LogP contribution in [0.1, 0.15) is 0 Å². The molecular weight excluding hydrogens is 250 g/mol. The number of hydrogen-bond donors (Lipinski definition) is 1. The molecule has 0 unspecified atom stereocenters. The Balaban J connectivity index is 2.46. The number of benzene rings is 2. The highest BCUT2D eigenvalue weighted by Gasteiger charge is 2.12. The lowest BCUT2D eigenvalue weighted by Crippen LogP contribution is -2.02. The first-order valence-corrected chi connectivity index (χ1v) is 5.40. The minimum Gasteiger partial charge on any atom is -0.508 e. The van der Waals surface area contributed by atoms with E-state index in [0.717, 1.165) is 0 Å². The highest BCUT2D eigenvalue weighted by molar-refractivity contribution is 5.91. The van der Waals surface area contributed by atoms with E-state index in [0.29, 0.717) is 5.39 Å². The third-order valence-electron chi connectivity index (χ3n) is 2.85. The van der Waals surface area contributed by atoms with E-state index in [2.05, 4.69) is 0 Å². The van der Waals surface area contributed by atoms with Crippen LogP contribution in [0.3, 0.4) is 0 Å². The number of phenolic OH excluding ortho intramolecular Hbond substituents is 1. The van der Waals surface area contributed by atoms with Crippen molar-refractivity contribution in [1.29, 1.82) is 0 Å². The second-order valence-electron chi connectivity index (χ2n) is 4.05. The van der Waals surface area contributed by atoms with Crippen LogP contribution < -0.4 is 5.43 Å². The SMILES string of the molecule is O=c1c2ccc(O)cc2oc2cc([N+](=O)[O-])ccc12. The fourth-order valence-corrected chi connectivity index (χ4v) is 1.94. The van der Waals surface area contributed by atoms with Gasteiger partial charge in [0, 0.05) is 12.1 Å². The molecule has 3 aromatic rings. The maximum atomic E-state index is 12.2. The van der Waals surface area contributed by atoms with Gasteiger partial charge in [0.2, 0.25) is 5.43 Å². The van der Waals surface area contributed by atoms with Gasteiger partial charge in [-0.2, -0.15) is 0 Å². The Morgan fingerprint density at radius 2 is 1.68 bits per heavy atom. The summed E-state index contributed by atoms with van der Waals surface area (Å²) in [5, 5.41) is 20.6. The Morgan fingerprint density at radius 3 is 2.37 bits per heavy atom. The van der Waals surface area contributed by atoms with Crippen LogP contribution in [0.4, 0.5) is 5.69 Å². The molecule has 6 heteroatoms. The summed E-state index contributed by atoms with van der Waals surface area (Å²) in [6.07, 6.45) is 0. The molecule has 3 rings (SSSR count). The molecule has 0 aliphatic carbocycles. The summed E-state index contributed by atoms with van der Waals surface area (Å²) < 4.78 is 5.43. The van der Waals surface area contributed by atoms with Gasteiger partial charge < -0.3 is 9.52 Å². The number of non-ortho nitro benzene ring substituents is 1. The average molecular weight is 257 g/mol. The van der Waals surface area contributed by atoms with E-state index in [4.69, 9.17) is 4.42 Å². The maximum Gasteiger partial charge on any atom is 0.273 e. The van der Waals surface area contributed by atoms with Gasteiger partial charge in [-0.15, -0.1) is 0 Å². The second-order valence-corrected chi connectivity index (χ2v) is 4.05. The van der Waals surface area contributed by atoms with Crippen LogP contribution in [-0.4, -0.2) is 10.0 Å². The third kappa shape index (κ3) is 1.70. The van der Waals surface area contributed by atoms with E-state index in [-0.39, 0.29) is 33.4 Å². The van der Waals surface area contributed by atoms with Gasteiger partial charge >= 0.3 is 0 Å². The number of nitro benzene ring substituents is 1. The molecule has 0 aliphatic heterocycles. The minimum absolute atomic E-state index is 0.0413. The lowest BCUT2D eigenvalue weighted by Gasteiger charge is -2.01. The molecule has 0 amide bonds. The second kappa shape index (κ2) is 3.81. The summed E-state index contributed by atoms with van der Waals surface area (Å²) in [7, 11) is 0. The number of fused-ring (bicyclic) bond motifs is 2. The van der Waals surface area contributed by atoms with Crippen molar-refractivity contribution >= 4 is 27.6 Å². The van der Waals surface area contributed by atoms with Crippen LogP contribution in [0, 0.1) is 10.1 Å². The Bertz CT molecular complexity index is 881. The molecule has 0 bridgehead atoms. The van der Waals surface area contributed by atoms with Crippen molar-refractivity contribution in [1.82, 2.24) is 0 Å². The number of nitro groups is 1. The van der Waals surface area contributed by atoms with Crippen molar-refractivity contribution in [3.8, 4) is 5.75 Å². The molecule has 19 heavy (non-hydrogen) atoms. The lowest BCUT2D eigenvalue weighted by molar-refractivity contribution is -0.384. The Hall–Kier alpha value is -2.89. The zero-order valence-corrected chi connectivity index (χ0v) is 9.49. The highest BCUT2D eigenvalue weighted by atomic mass is 16.6. The van der Waals surface area contributed by atoms with Crippen molar-refractivity contribution in [2.45, 2.75) is 0 Å². The van der Waals surface area contributed by atoms with Gasteiger partial charge in [-0.3, -0.25) is 14.9 Å². The van der Waals surface area contributed by atoms with Crippen molar-refractivity contribution in [2.24, 2.45) is 0 Å². The van der Waals surface area contributed by atoms with Crippen LogP contribution in [0.15, 0.2) is 45.6 Å². The topological polar surface area (TPSA) is 93.6 Å². The summed E-state index contributed by atoms with van der Waals surface area (Å²) in [5.74, 6) is -0.0413. The van der Waals surface area contributed by atoms with E-state index in [9.17, 15) is 20.0 Å². The van der Waals surface area contributed by atoms with Crippen molar-refractivity contribution in [3.05, 3.63) is 56.7 Å². The first-order valence-electron chi connectivity index (χ1n) is 5.40. The van der Waals surface area contributed by atoms with Gasteiger partial charge in [-0.25, -0.2) is 0 Å². The summed E-state index contributed by atoms with van der Waals surface area (Å²) in [5.41, 5.74) is -0.128. The summed E-state index contributed by atoms with van der Waals surface area (Å²) in [4.78, 5) is 22.3. The Labute approximate surface area is 105 Å². The first kappa shape index (κ1) is 11.2. The number of hydrogen-bond acceptors (Lipinski definition) is 5. The highest BCUT2D eigenvalue weighted by Crippen LogP contribution is 2.24. The Morgan fingerprint density at radius 1 is 1.05 bits per heavy atom. The van der Waals surface area contributed by atoms with Crippen LogP contribution in [0.5, 0.6) is 5.75 Å². The third-order valence-corrected chi connectivity index (χ3v) is 2.85. The van der Waals surface area contributed by atoms with Gasteiger partial charge in [0.15, 0.2) is 0 Å². The van der Waals surface area contributed by atoms with E-state index in [1.54, 1.807) is 0 Å². The predicted octanol–water partition coefficient (Wildman–Crippen LogP) is 2.56. The molecule has 1 heterocycles. The van der Waals surface area contributed by atoms with E-state index in [1.807, 2.05) is 0 Å². The molecule has 2 aromatic carbocycles. The fraction of sp³-hybridized carbons (Fsp3) is 0. The molecular formula is C13H7NO5. The standard InChI is InChI=1S/C13H7NO5/c15-8-2-4-10-12(6-8)19-11-5-7(14(17)18)1-3-9(11)13(10)16/h1-6,15H. The summed E-state index contributed by atoms with van der Waals surface area (Å²) in [6.45, 7) is 0. The molecule has 0 saturated carbocycles. The predicted molar refractivity (Wildman–Crippen MR) is 68.3 cm³/mol. The number of phenols is 1. The number of aromatic hydroxyl groups is 1. The van der Waals surface area contributed by atoms with E-state index < -0.39 is 4.92 Å². The summed E-state index contributed by atoms with van der Waals surface area (Å²) >= 11 is 0. The van der Waals surface area contributed by atoms with Crippen LogP contribution >= 0.6 is 0 Å². The average Bonchev–Trinajstić information content (AvgIpc) is 2.37. The number of rotatable bonds is 1. The molecule has 0 atom stereocenters. The zero-order chi connectivity index (χ0) is 13.6. The maximum absolute atomic E-state index is 12.2. The quantitative estimate of drug-likeness (QED) is 0.410. The molecule has 94 valence electrons. The van der Waals surface area contributed by atoms with Crippen LogP contribution in [0.2, 0.25) is 0 Å². The van der Waals surface area contributed by atoms with E-state index in [1.165, 1.54) is 36.4 Å². The molecule has 0 spiro atoms. The number of nitrogens with zero attached hydrogens (tertiary/aromatic N) is 1. The van der Waals surface area contributed by atoms with Gasteiger partial charge in [0.05, 0.1) is 21.8 Å². The van der Waals surface area contributed by atoms with Gasteiger partial charge in [-0.05, 0) is 18.2 Å². The van der Waals surface area contributed by atoms with Gasteiger partial charge in [0.25, 0.3) is 5.69 Å². The zero-order valence-electron chi connectivity index (χ0n) is 9.49. The molecule has 1 N–H and O–H groups in total. The molecule has 0 aliphatic rings. The summed E-state index contributed by atoms with van der Waals surface area (Å²) in [6, 6.07) is 7.96. The van der Waals surface area contributed by atoms with Crippen LogP contribution in [0.25, 0.3) is 21.9 Å². The van der Waals surface area contributed by atoms with Gasteiger partial charge in [0.1, 0.15) is 16.9 Å². The molecule has 0 radical (unpaired) electrons. The smallest absolute Gasteiger partial charge is 0.273 e. The molecule has 0 fully saturated rings. The molecule has 0 saturated heterocycles. The molecule has 1 aromatic heterocycles. The molecule has 6 nitrogen and oxygen atoms in total. The fourth-order valence-electron chi connectivity index (χ4n) is 1.94. The van der Waals surface area contributed by atoms with Gasteiger partial charge in [-0.1, -0.05) is 0 Å². The minimum atomic E-state index is -0.563.